The largest absolute Gasteiger partial charge is 0.313 e. The summed E-state index contributed by atoms with van der Waals surface area (Å²) in [5.74, 6) is 0. The fourth-order valence-corrected chi connectivity index (χ4v) is 1.59. The van der Waals surface area contributed by atoms with Crippen molar-refractivity contribution >= 4 is 0 Å². The first-order valence-corrected chi connectivity index (χ1v) is 5.22. The first kappa shape index (κ1) is 11.0. The Morgan fingerprint density at radius 1 is 1.29 bits per heavy atom. The van der Waals surface area contributed by atoms with E-state index in [-0.39, 0.29) is 0 Å². The Labute approximate surface area is 86.8 Å². The second kappa shape index (κ2) is 6.39. The summed E-state index contributed by atoms with van der Waals surface area (Å²) in [5.41, 5.74) is 1.37. The van der Waals surface area contributed by atoms with Gasteiger partial charge in [0.15, 0.2) is 0 Å². The van der Waals surface area contributed by atoms with Gasteiger partial charge in [-0.25, -0.2) is 0 Å². The van der Waals surface area contributed by atoms with Crippen LogP contribution in [0.15, 0.2) is 42.5 Å². The molecule has 0 radical (unpaired) electrons. The van der Waals surface area contributed by atoms with Crippen molar-refractivity contribution in [2.45, 2.75) is 25.8 Å². The Morgan fingerprint density at radius 2 is 2.00 bits per heavy atom. The number of hydrogen-bond donors (Lipinski definition) is 1. The van der Waals surface area contributed by atoms with Crippen molar-refractivity contribution in [3.63, 3.8) is 0 Å². The van der Waals surface area contributed by atoms with Crippen LogP contribution in [0, 0.1) is 0 Å². The average molecular weight is 189 g/mol. The van der Waals surface area contributed by atoms with Gasteiger partial charge in [0.05, 0.1) is 0 Å². The van der Waals surface area contributed by atoms with E-state index >= 15 is 0 Å². The van der Waals surface area contributed by atoms with Gasteiger partial charge in [0, 0.05) is 6.04 Å². The third kappa shape index (κ3) is 3.35. The predicted molar refractivity (Wildman–Crippen MR) is 62.3 cm³/mol. The molecule has 0 aliphatic heterocycles. The van der Waals surface area contributed by atoms with Crippen molar-refractivity contribution < 1.29 is 0 Å². The Hall–Kier alpha value is -1.08. The smallest absolute Gasteiger partial charge is 0.0320 e. The molecule has 0 amide bonds. The monoisotopic (exact) mass is 189 g/mol. The molecule has 76 valence electrons. The number of rotatable bonds is 5. The SMILES string of the molecule is C/C=C/CCC(NC)c1ccccc1. The molecule has 1 aromatic carbocycles. The van der Waals surface area contributed by atoms with Crippen molar-refractivity contribution in [3.05, 3.63) is 48.0 Å². The minimum Gasteiger partial charge on any atom is -0.313 e. The Kier molecular flexibility index (Phi) is 5.02. The molecule has 1 nitrogen and oxygen atoms in total. The standard InChI is InChI=1S/C13H19N/c1-3-4-6-11-13(14-2)12-9-7-5-8-10-12/h3-5,7-10,13-14H,6,11H2,1-2H3/b4-3+. The molecule has 0 spiro atoms. The van der Waals surface area contributed by atoms with Gasteiger partial charge < -0.3 is 5.32 Å². The minimum atomic E-state index is 0.479. The summed E-state index contributed by atoms with van der Waals surface area (Å²) in [7, 11) is 2.02. The van der Waals surface area contributed by atoms with Gasteiger partial charge in [-0.15, -0.1) is 0 Å². The van der Waals surface area contributed by atoms with E-state index in [2.05, 4.69) is 54.7 Å². The van der Waals surface area contributed by atoms with Crippen LogP contribution in [-0.2, 0) is 0 Å². The van der Waals surface area contributed by atoms with Crippen LogP contribution in [0.5, 0.6) is 0 Å². The molecule has 1 heteroatoms. The second-order valence-electron chi connectivity index (χ2n) is 3.40. The number of benzene rings is 1. The lowest BCUT2D eigenvalue weighted by Crippen LogP contribution is -2.15. The molecule has 0 aromatic heterocycles. The number of hydrogen-bond acceptors (Lipinski definition) is 1. The summed E-state index contributed by atoms with van der Waals surface area (Å²) >= 11 is 0. The zero-order valence-corrected chi connectivity index (χ0v) is 9.03. The lowest BCUT2D eigenvalue weighted by atomic mass is 10.0. The van der Waals surface area contributed by atoms with Crippen molar-refractivity contribution in [3.8, 4) is 0 Å². The molecule has 1 aromatic rings. The van der Waals surface area contributed by atoms with Crippen LogP contribution in [0.1, 0.15) is 31.4 Å². The molecule has 1 N–H and O–H groups in total. The molecule has 0 aliphatic rings. The van der Waals surface area contributed by atoms with E-state index in [9.17, 15) is 0 Å². The molecule has 0 aliphatic carbocycles. The van der Waals surface area contributed by atoms with Crippen molar-refractivity contribution in [2.75, 3.05) is 7.05 Å². The summed E-state index contributed by atoms with van der Waals surface area (Å²) in [6, 6.07) is 11.1. The van der Waals surface area contributed by atoms with E-state index in [0.29, 0.717) is 6.04 Å². The fourth-order valence-electron chi connectivity index (χ4n) is 1.59. The van der Waals surface area contributed by atoms with E-state index in [0.717, 1.165) is 12.8 Å². The Bertz CT molecular complexity index is 264. The Morgan fingerprint density at radius 3 is 2.57 bits per heavy atom. The van der Waals surface area contributed by atoms with E-state index < -0.39 is 0 Å². The van der Waals surface area contributed by atoms with Crippen LogP contribution in [-0.4, -0.2) is 7.05 Å². The number of nitrogens with one attached hydrogen (secondary N) is 1. The van der Waals surface area contributed by atoms with Crippen molar-refractivity contribution in [1.82, 2.24) is 5.32 Å². The lowest BCUT2D eigenvalue weighted by molar-refractivity contribution is 0.554. The van der Waals surface area contributed by atoms with Gasteiger partial charge in [-0.3, -0.25) is 0 Å². The van der Waals surface area contributed by atoms with Crippen molar-refractivity contribution in [2.24, 2.45) is 0 Å². The first-order valence-electron chi connectivity index (χ1n) is 5.22. The molecule has 0 saturated carbocycles. The third-order valence-electron chi connectivity index (χ3n) is 2.41. The molecule has 1 rings (SSSR count). The summed E-state index contributed by atoms with van der Waals surface area (Å²) in [5, 5.41) is 3.34. The summed E-state index contributed by atoms with van der Waals surface area (Å²) < 4.78 is 0. The quantitative estimate of drug-likeness (QED) is 0.701. The molecule has 0 heterocycles. The van der Waals surface area contributed by atoms with Gasteiger partial charge in [-0.05, 0) is 32.4 Å². The highest BCUT2D eigenvalue weighted by Crippen LogP contribution is 2.17. The topological polar surface area (TPSA) is 12.0 Å². The van der Waals surface area contributed by atoms with Crippen LogP contribution in [0.2, 0.25) is 0 Å². The van der Waals surface area contributed by atoms with E-state index in [4.69, 9.17) is 0 Å². The highest BCUT2D eigenvalue weighted by molar-refractivity contribution is 5.18. The molecule has 1 unspecified atom stereocenters. The van der Waals surface area contributed by atoms with Gasteiger partial charge in [0.2, 0.25) is 0 Å². The molecule has 0 fully saturated rings. The highest BCUT2D eigenvalue weighted by Gasteiger charge is 2.06. The van der Waals surface area contributed by atoms with Gasteiger partial charge in [0.1, 0.15) is 0 Å². The minimum absolute atomic E-state index is 0.479. The van der Waals surface area contributed by atoms with E-state index in [1.165, 1.54) is 5.56 Å². The molecular weight excluding hydrogens is 170 g/mol. The highest BCUT2D eigenvalue weighted by atomic mass is 14.9. The normalized spacial score (nSPS) is 13.3. The average Bonchev–Trinajstić information content (AvgIpc) is 2.26. The van der Waals surface area contributed by atoms with Crippen LogP contribution < -0.4 is 5.32 Å². The lowest BCUT2D eigenvalue weighted by Gasteiger charge is -2.15. The summed E-state index contributed by atoms with van der Waals surface area (Å²) in [6.07, 6.45) is 6.62. The molecular formula is C13H19N. The zero-order valence-electron chi connectivity index (χ0n) is 9.03. The maximum atomic E-state index is 3.34. The molecule has 0 saturated heterocycles. The third-order valence-corrected chi connectivity index (χ3v) is 2.41. The van der Waals surface area contributed by atoms with Crippen LogP contribution in [0.3, 0.4) is 0 Å². The van der Waals surface area contributed by atoms with Crippen LogP contribution >= 0.6 is 0 Å². The van der Waals surface area contributed by atoms with Crippen molar-refractivity contribution in [1.29, 1.82) is 0 Å². The first-order chi connectivity index (χ1) is 6.88. The predicted octanol–water partition coefficient (Wildman–Crippen LogP) is 3.30. The van der Waals surface area contributed by atoms with Gasteiger partial charge in [-0.1, -0.05) is 42.5 Å². The zero-order chi connectivity index (χ0) is 10.2. The van der Waals surface area contributed by atoms with Crippen LogP contribution in [0.4, 0.5) is 0 Å². The van der Waals surface area contributed by atoms with Gasteiger partial charge in [0.25, 0.3) is 0 Å². The van der Waals surface area contributed by atoms with E-state index in [1.54, 1.807) is 0 Å². The van der Waals surface area contributed by atoms with Gasteiger partial charge in [-0.2, -0.15) is 0 Å². The van der Waals surface area contributed by atoms with Crippen LogP contribution in [0.25, 0.3) is 0 Å². The summed E-state index contributed by atoms with van der Waals surface area (Å²) in [6.45, 7) is 2.07. The molecule has 14 heavy (non-hydrogen) atoms. The van der Waals surface area contributed by atoms with Gasteiger partial charge >= 0.3 is 0 Å². The summed E-state index contributed by atoms with van der Waals surface area (Å²) in [4.78, 5) is 0. The second-order valence-corrected chi connectivity index (χ2v) is 3.40. The fraction of sp³-hybridized carbons (Fsp3) is 0.385. The molecule has 0 bridgehead atoms. The maximum absolute atomic E-state index is 3.34. The number of allylic oxidation sites excluding steroid dienone is 2. The van der Waals surface area contributed by atoms with E-state index in [1.807, 2.05) is 7.05 Å². The maximum Gasteiger partial charge on any atom is 0.0320 e. The Balaban J connectivity index is 2.54. The molecule has 1 atom stereocenters.